The summed E-state index contributed by atoms with van der Waals surface area (Å²) in [4.78, 5) is 12.0. The highest BCUT2D eigenvalue weighted by Gasteiger charge is 2.05. The summed E-state index contributed by atoms with van der Waals surface area (Å²) in [5.41, 5.74) is 3.15. The van der Waals surface area contributed by atoms with Crippen LogP contribution in [0.4, 0.5) is 0 Å². The van der Waals surface area contributed by atoms with E-state index >= 15 is 0 Å². The quantitative estimate of drug-likeness (QED) is 0.669. The van der Waals surface area contributed by atoms with Crippen LogP contribution in [0.15, 0.2) is 42.7 Å². The average Bonchev–Trinajstić information content (AvgIpc) is 2.76. The summed E-state index contributed by atoms with van der Waals surface area (Å²) >= 11 is 0. The molecule has 0 saturated carbocycles. The van der Waals surface area contributed by atoms with Gasteiger partial charge in [-0.3, -0.25) is 0 Å². The fraction of sp³-hybridized carbons (Fsp3) is 0.0769. The van der Waals surface area contributed by atoms with Gasteiger partial charge in [-0.1, -0.05) is 24.3 Å². The van der Waals surface area contributed by atoms with Crippen molar-refractivity contribution in [3.05, 3.63) is 48.3 Å². The zero-order valence-electron chi connectivity index (χ0n) is 8.94. The summed E-state index contributed by atoms with van der Waals surface area (Å²) < 4.78 is 0. The number of H-pyrrole nitrogens is 1. The monoisotopic (exact) mass is 209 g/mol. The SMILES string of the molecule is Cc1ccccc1-c1ncc2cc[nH]c2n1. The Labute approximate surface area is 93.2 Å². The molecule has 78 valence electrons. The first-order chi connectivity index (χ1) is 7.84. The Morgan fingerprint density at radius 3 is 2.88 bits per heavy atom. The Hall–Kier alpha value is -2.16. The number of aromatic amines is 1. The fourth-order valence-electron chi connectivity index (χ4n) is 1.79. The Balaban J connectivity index is 2.22. The van der Waals surface area contributed by atoms with E-state index in [9.17, 15) is 0 Å². The topological polar surface area (TPSA) is 41.6 Å². The Bertz CT molecular complexity index is 640. The van der Waals surface area contributed by atoms with Crippen LogP contribution in [0.2, 0.25) is 0 Å². The maximum absolute atomic E-state index is 4.50. The van der Waals surface area contributed by atoms with E-state index in [0.717, 1.165) is 22.4 Å². The molecule has 3 heteroatoms. The normalized spacial score (nSPS) is 10.8. The number of hydrogen-bond acceptors (Lipinski definition) is 2. The maximum Gasteiger partial charge on any atom is 0.161 e. The lowest BCUT2D eigenvalue weighted by molar-refractivity contribution is 1.20. The highest BCUT2D eigenvalue weighted by molar-refractivity contribution is 5.76. The summed E-state index contributed by atoms with van der Waals surface area (Å²) in [6.45, 7) is 2.07. The van der Waals surface area contributed by atoms with Crippen LogP contribution in [-0.2, 0) is 0 Å². The number of fused-ring (bicyclic) bond motifs is 1. The standard InChI is InChI=1S/C13H11N3/c1-9-4-2-3-5-11(9)13-15-8-10-6-7-14-12(10)16-13/h2-8H,1H3,(H,14,15,16). The van der Waals surface area contributed by atoms with Gasteiger partial charge >= 0.3 is 0 Å². The van der Waals surface area contributed by atoms with Crippen LogP contribution in [0.1, 0.15) is 5.56 Å². The molecular weight excluding hydrogens is 198 g/mol. The lowest BCUT2D eigenvalue weighted by atomic mass is 10.1. The molecule has 0 saturated heterocycles. The summed E-state index contributed by atoms with van der Waals surface area (Å²) in [5, 5.41) is 1.04. The molecule has 0 aliphatic heterocycles. The first kappa shape index (κ1) is 9.09. The van der Waals surface area contributed by atoms with E-state index in [0.29, 0.717) is 0 Å². The number of aromatic nitrogens is 3. The van der Waals surface area contributed by atoms with Gasteiger partial charge < -0.3 is 4.98 Å². The van der Waals surface area contributed by atoms with Crippen molar-refractivity contribution < 1.29 is 0 Å². The van der Waals surface area contributed by atoms with Crippen molar-refractivity contribution in [1.29, 1.82) is 0 Å². The molecule has 0 bridgehead atoms. The van der Waals surface area contributed by atoms with Crippen LogP contribution in [0.5, 0.6) is 0 Å². The number of rotatable bonds is 1. The molecule has 0 radical (unpaired) electrons. The van der Waals surface area contributed by atoms with E-state index in [4.69, 9.17) is 0 Å². The van der Waals surface area contributed by atoms with Gasteiger partial charge in [0.15, 0.2) is 5.82 Å². The molecule has 1 aromatic carbocycles. The molecule has 0 unspecified atom stereocenters. The molecular formula is C13H11N3. The van der Waals surface area contributed by atoms with Crippen LogP contribution in [-0.4, -0.2) is 15.0 Å². The second-order valence-electron chi connectivity index (χ2n) is 3.79. The molecule has 16 heavy (non-hydrogen) atoms. The minimum Gasteiger partial charge on any atom is -0.346 e. The molecule has 3 nitrogen and oxygen atoms in total. The summed E-state index contributed by atoms with van der Waals surface area (Å²) in [6.07, 6.45) is 3.72. The smallest absolute Gasteiger partial charge is 0.161 e. The van der Waals surface area contributed by atoms with E-state index in [-0.39, 0.29) is 0 Å². The van der Waals surface area contributed by atoms with Crippen molar-refractivity contribution >= 4 is 11.0 Å². The highest BCUT2D eigenvalue weighted by atomic mass is 14.9. The van der Waals surface area contributed by atoms with Gasteiger partial charge in [-0.2, -0.15) is 0 Å². The van der Waals surface area contributed by atoms with E-state index in [1.54, 1.807) is 0 Å². The zero-order chi connectivity index (χ0) is 11.0. The number of nitrogens with zero attached hydrogens (tertiary/aromatic N) is 2. The van der Waals surface area contributed by atoms with Crippen LogP contribution in [0.3, 0.4) is 0 Å². The second-order valence-corrected chi connectivity index (χ2v) is 3.79. The number of benzene rings is 1. The fourth-order valence-corrected chi connectivity index (χ4v) is 1.79. The third kappa shape index (κ3) is 1.37. The minimum absolute atomic E-state index is 0.771. The van der Waals surface area contributed by atoms with E-state index in [2.05, 4.69) is 27.9 Å². The molecule has 0 atom stereocenters. The molecule has 0 fully saturated rings. The average molecular weight is 209 g/mol. The van der Waals surface area contributed by atoms with E-state index in [1.165, 1.54) is 5.56 Å². The number of hydrogen-bond donors (Lipinski definition) is 1. The van der Waals surface area contributed by atoms with Gasteiger partial charge in [0.2, 0.25) is 0 Å². The Morgan fingerprint density at radius 2 is 2.00 bits per heavy atom. The molecule has 3 aromatic rings. The van der Waals surface area contributed by atoms with Crippen molar-refractivity contribution in [3.8, 4) is 11.4 Å². The molecule has 0 spiro atoms. The van der Waals surface area contributed by atoms with E-state index < -0.39 is 0 Å². The molecule has 2 aromatic heterocycles. The molecule has 1 N–H and O–H groups in total. The Morgan fingerprint density at radius 1 is 1.12 bits per heavy atom. The largest absolute Gasteiger partial charge is 0.346 e. The van der Waals surface area contributed by atoms with Crippen LogP contribution in [0, 0.1) is 6.92 Å². The minimum atomic E-state index is 0.771. The maximum atomic E-state index is 4.50. The van der Waals surface area contributed by atoms with E-state index in [1.807, 2.05) is 36.7 Å². The number of nitrogens with one attached hydrogen (secondary N) is 1. The van der Waals surface area contributed by atoms with Crippen molar-refractivity contribution in [3.63, 3.8) is 0 Å². The first-order valence-electron chi connectivity index (χ1n) is 5.21. The lowest BCUT2D eigenvalue weighted by Gasteiger charge is -2.03. The third-order valence-electron chi connectivity index (χ3n) is 2.69. The molecule has 0 aliphatic rings. The summed E-state index contributed by atoms with van der Waals surface area (Å²) in [6, 6.07) is 10.1. The third-order valence-corrected chi connectivity index (χ3v) is 2.69. The molecule has 0 aliphatic carbocycles. The van der Waals surface area contributed by atoms with Gasteiger partial charge in [0.25, 0.3) is 0 Å². The zero-order valence-corrected chi connectivity index (χ0v) is 8.94. The van der Waals surface area contributed by atoms with Crippen LogP contribution < -0.4 is 0 Å². The van der Waals surface area contributed by atoms with Gasteiger partial charge in [-0.25, -0.2) is 9.97 Å². The molecule has 2 heterocycles. The highest BCUT2D eigenvalue weighted by Crippen LogP contribution is 2.20. The van der Waals surface area contributed by atoms with Gasteiger partial charge in [0.05, 0.1) is 0 Å². The first-order valence-corrected chi connectivity index (χ1v) is 5.21. The number of aryl methyl sites for hydroxylation is 1. The predicted octanol–water partition coefficient (Wildman–Crippen LogP) is 2.93. The van der Waals surface area contributed by atoms with Crippen molar-refractivity contribution in [1.82, 2.24) is 15.0 Å². The predicted molar refractivity (Wildman–Crippen MR) is 64.1 cm³/mol. The second kappa shape index (κ2) is 3.45. The summed E-state index contributed by atoms with van der Waals surface area (Å²) in [5.74, 6) is 0.771. The van der Waals surface area contributed by atoms with Crippen LogP contribution in [0.25, 0.3) is 22.4 Å². The Kier molecular flexibility index (Phi) is 1.96. The van der Waals surface area contributed by atoms with Crippen molar-refractivity contribution in [2.75, 3.05) is 0 Å². The molecule has 3 rings (SSSR count). The van der Waals surface area contributed by atoms with Crippen LogP contribution >= 0.6 is 0 Å². The van der Waals surface area contributed by atoms with Gasteiger partial charge in [0.1, 0.15) is 5.65 Å². The van der Waals surface area contributed by atoms with Gasteiger partial charge in [-0.05, 0) is 18.6 Å². The van der Waals surface area contributed by atoms with Gasteiger partial charge in [-0.15, -0.1) is 0 Å². The lowest BCUT2D eigenvalue weighted by Crippen LogP contribution is -1.91. The summed E-state index contributed by atoms with van der Waals surface area (Å²) in [7, 11) is 0. The van der Waals surface area contributed by atoms with Gasteiger partial charge in [0, 0.05) is 23.3 Å². The van der Waals surface area contributed by atoms with Crippen molar-refractivity contribution in [2.24, 2.45) is 0 Å². The molecule has 0 amide bonds. The van der Waals surface area contributed by atoms with Crippen molar-refractivity contribution in [2.45, 2.75) is 6.92 Å².